The largest absolute Gasteiger partial charge is 0.461 e. The van der Waals surface area contributed by atoms with Gasteiger partial charge in [-0.3, -0.25) is 4.79 Å². The minimum Gasteiger partial charge on any atom is -0.461 e. The molecule has 0 amide bonds. The van der Waals surface area contributed by atoms with Crippen molar-refractivity contribution in [2.75, 3.05) is 7.11 Å². The highest BCUT2D eigenvalue weighted by molar-refractivity contribution is 5.70. The Morgan fingerprint density at radius 2 is 2.16 bits per heavy atom. The first kappa shape index (κ1) is 14.0. The first-order valence-corrected chi connectivity index (χ1v) is 6.25. The standard InChI is InChI=1S/C14H18O5/c1-17-14-7-11(15)12(19-14)8-13(16)18-9-10-5-3-2-4-6-10/h2-6,11-12,14-15H,7-9H2,1H3/t11-,12+,14?/m0/s1. The van der Waals surface area contributed by atoms with Crippen LogP contribution in [0.15, 0.2) is 30.3 Å². The summed E-state index contributed by atoms with van der Waals surface area (Å²) in [4.78, 5) is 11.7. The lowest BCUT2D eigenvalue weighted by Crippen LogP contribution is -2.25. The van der Waals surface area contributed by atoms with Crippen LogP contribution in [0.1, 0.15) is 18.4 Å². The molecule has 2 rings (SSSR count). The molecule has 0 aliphatic carbocycles. The number of rotatable bonds is 5. The second-order valence-electron chi connectivity index (χ2n) is 4.49. The van der Waals surface area contributed by atoms with Crippen LogP contribution in [0, 0.1) is 0 Å². The molecule has 3 atom stereocenters. The Labute approximate surface area is 112 Å². The van der Waals surface area contributed by atoms with Crippen molar-refractivity contribution < 1.29 is 24.1 Å². The summed E-state index contributed by atoms with van der Waals surface area (Å²) in [6, 6.07) is 9.44. The molecule has 1 heterocycles. The third kappa shape index (κ3) is 4.02. The van der Waals surface area contributed by atoms with Crippen molar-refractivity contribution in [1.82, 2.24) is 0 Å². The van der Waals surface area contributed by atoms with Crippen molar-refractivity contribution in [2.24, 2.45) is 0 Å². The number of ether oxygens (including phenoxy) is 3. The fraction of sp³-hybridized carbons (Fsp3) is 0.500. The molecule has 5 heteroatoms. The van der Waals surface area contributed by atoms with Gasteiger partial charge in [-0.1, -0.05) is 30.3 Å². The molecule has 0 bridgehead atoms. The van der Waals surface area contributed by atoms with Gasteiger partial charge in [-0.2, -0.15) is 0 Å². The van der Waals surface area contributed by atoms with Gasteiger partial charge in [-0.25, -0.2) is 0 Å². The van der Waals surface area contributed by atoms with E-state index in [1.807, 2.05) is 30.3 Å². The summed E-state index contributed by atoms with van der Waals surface area (Å²) in [5, 5.41) is 9.71. The molecule has 1 aliphatic heterocycles. The summed E-state index contributed by atoms with van der Waals surface area (Å²) >= 11 is 0. The molecule has 104 valence electrons. The molecule has 1 aromatic carbocycles. The van der Waals surface area contributed by atoms with Crippen LogP contribution in [0.25, 0.3) is 0 Å². The van der Waals surface area contributed by atoms with Gasteiger partial charge in [-0.05, 0) is 5.56 Å². The molecule has 1 fully saturated rings. The molecule has 19 heavy (non-hydrogen) atoms. The summed E-state index contributed by atoms with van der Waals surface area (Å²) in [6.45, 7) is 0.232. The van der Waals surface area contributed by atoms with Crippen LogP contribution >= 0.6 is 0 Å². The Hall–Kier alpha value is -1.43. The van der Waals surface area contributed by atoms with Crippen molar-refractivity contribution in [3.8, 4) is 0 Å². The maximum Gasteiger partial charge on any atom is 0.308 e. The van der Waals surface area contributed by atoms with E-state index in [0.717, 1.165) is 5.56 Å². The zero-order chi connectivity index (χ0) is 13.7. The van der Waals surface area contributed by atoms with Crippen LogP contribution in [0.3, 0.4) is 0 Å². The van der Waals surface area contributed by atoms with E-state index >= 15 is 0 Å². The summed E-state index contributed by atoms with van der Waals surface area (Å²) in [5.41, 5.74) is 0.929. The quantitative estimate of drug-likeness (QED) is 0.812. The number of hydrogen-bond donors (Lipinski definition) is 1. The maximum atomic E-state index is 11.7. The molecule has 1 saturated heterocycles. The smallest absolute Gasteiger partial charge is 0.308 e. The molecule has 0 radical (unpaired) electrons. The van der Waals surface area contributed by atoms with E-state index in [2.05, 4.69) is 0 Å². The van der Waals surface area contributed by atoms with Gasteiger partial charge >= 0.3 is 5.97 Å². The molecule has 0 spiro atoms. The Morgan fingerprint density at radius 1 is 1.42 bits per heavy atom. The maximum absolute atomic E-state index is 11.7. The number of methoxy groups -OCH3 is 1. The Morgan fingerprint density at radius 3 is 2.79 bits per heavy atom. The van der Waals surface area contributed by atoms with Crippen molar-refractivity contribution in [2.45, 2.75) is 37.9 Å². The number of aliphatic hydroxyl groups is 1. The van der Waals surface area contributed by atoms with Gasteiger partial charge in [0.1, 0.15) is 6.61 Å². The summed E-state index contributed by atoms with van der Waals surface area (Å²) < 4.78 is 15.5. The zero-order valence-electron chi connectivity index (χ0n) is 10.8. The predicted octanol–water partition coefficient (Wildman–Crippen LogP) is 1.24. The highest BCUT2D eigenvalue weighted by Gasteiger charge is 2.35. The molecule has 1 N–H and O–H groups in total. The predicted molar refractivity (Wildman–Crippen MR) is 67.1 cm³/mol. The Balaban J connectivity index is 1.76. The molecule has 1 aromatic rings. The third-order valence-electron chi connectivity index (χ3n) is 3.06. The fourth-order valence-corrected chi connectivity index (χ4v) is 1.99. The van der Waals surface area contributed by atoms with Gasteiger partial charge in [0.2, 0.25) is 0 Å². The summed E-state index contributed by atoms with van der Waals surface area (Å²) in [5.74, 6) is -0.385. The molecule has 1 unspecified atom stereocenters. The third-order valence-corrected chi connectivity index (χ3v) is 3.06. The van der Waals surface area contributed by atoms with E-state index < -0.39 is 18.5 Å². The van der Waals surface area contributed by atoms with E-state index in [1.165, 1.54) is 7.11 Å². The van der Waals surface area contributed by atoms with E-state index in [9.17, 15) is 9.90 Å². The van der Waals surface area contributed by atoms with E-state index in [1.54, 1.807) is 0 Å². The van der Waals surface area contributed by atoms with Crippen LogP contribution in [-0.4, -0.2) is 36.7 Å². The molecule has 0 aromatic heterocycles. The SMILES string of the molecule is COC1C[C@H](O)[C@@H](CC(=O)OCc2ccccc2)O1. The first-order chi connectivity index (χ1) is 9.19. The summed E-state index contributed by atoms with van der Waals surface area (Å²) in [7, 11) is 1.51. The first-order valence-electron chi connectivity index (χ1n) is 6.25. The highest BCUT2D eigenvalue weighted by atomic mass is 16.7. The summed E-state index contributed by atoms with van der Waals surface area (Å²) in [6.07, 6.45) is -1.26. The van der Waals surface area contributed by atoms with Gasteiger partial charge in [0.15, 0.2) is 6.29 Å². The van der Waals surface area contributed by atoms with E-state index in [-0.39, 0.29) is 19.0 Å². The van der Waals surface area contributed by atoms with Gasteiger partial charge < -0.3 is 19.3 Å². The van der Waals surface area contributed by atoms with Crippen molar-refractivity contribution in [3.05, 3.63) is 35.9 Å². The van der Waals surface area contributed by atoms with Crippen LogP contribution in [-0.2, 0) is 25.6 Å². The lowest BCUT2D eigenvalue weighted by atomic mass is 10.1. The van der Waals surface area contributed by atoms with Gasteiger partial charge in [0.25, 0.3) is 0 Å². The number of esters is 1. The lowest BCUT2D eigenvalue weighted by Gasteiger charge is -2.13. The van der Waals surface area contributed by atoms with Crippen LogP contribution in [0.5, 0.6) is 0 Å². The second-order valence-corrected chi connectivity index (χ2v) is 4.49. The zero-order valence-corrected chi connectivity index (χ0v) is 10.8. The normalized spacial score (nSPS) is 26.3. The molecule has 1 aliphatic rings. The Kier molecular flexibility index (Phi) is 4.90. The van der Waals surface area contributed by atoms with E-state index in [0.29, 0.717) is 6.42 Å². The van der Waals surface area contributed by atoms with Crippen LogP contribution < -0.4 is 0 Å². The van der Waals surface area contributed by atoms with Crippen LogP contribution in [0.4, 0.5) is 0 Å². The topological polar surface area (TPSA) is 65.0 Å². The molecule has 5 nitrogen and oxygen atoms in total. The van der Waals surface area contributed by atoms with Gasteiger partial charge in [-0.15, -0.1) is 0 Å². The molecular weight excluding hydrogens is 248 g/mol. The van der Waals surface area contributed by atoms with Gasteiger partial charge in [0.05, 0.1) is 18.6 Å². The van der Waals surface area contributed by atoms with Crippen molar-refractivity contribution >= 4 is 5.97 Å². The number of carbonyl (C=O) groups excluding carboxylic acids is 1. The minimum atomic E-state index is -0.686. The Bertz CT molecular complexity index is 406. The fourth-order valence-electron chi connectivity index (χ4n) is 1.99. The average molecular weight is 266 g/mol. The average Bonchev–Trinajstić information content (AvgIpc) is 2.78. The highest BCUT2D eigenvalue weighted by Crippen LogP contribution is 2.23. The number of carbonyl (C=O) groups is 1. The van der Waals surface area contributed by atoms with Crippen molar-refractivity contribution in [1.29, 1.82) is 0 Å². The van der Waals surface area contributed by atoms with Crippen molar-refractivity contribution in [3.63, 3.8) is 0 Å². The monoisotopic (exact) mass is 266 g/mol. The molecule has 0 saturated carbocycles. The number of aliphatic hydroxyl groups excluding tert-OH is 1. The number of hydrogen-bond acceptors (Lipinski definition) is 5. The lowest BCUT2D eigenvalue weighted by molar-refractivity contribution is -0.155. The number of benzene rings is 1. The minimum absolute atomic E-state index is 0.0356. The van der Waals surface area contributed by atoms with E-state index in [4.69, 9.17) is 14.2 Å². The van der Waals surface area contributed by atoms with Crippen LogP contribution in [0.2, 0.25) is 0 Å². The second kappa shape index (κ2) is 6.65. The van der Waals surface area contributed by atoms with Gasteiger partial charge in [0, 0.05) is 13.5 Å². The molecular formula is C14H18O5.